The van der Waals surface area contributed by atoms with Gasteiger partial charge in [0.05, 0.1) is 5.92 Å². The van der Waals surface area contributed by atoms with Gasteiger partial charge in [-0.3, -0.25) is 9.59 Å². The molecule has 1 aromatic rings. The Morgan fingerprint density at radius 2 is 1.95 bits per heavy atom. The van der Waals surface area contributed by atoms with Crippen LogP contribution in [-0.4, -0.2) is 34.7 Å². The van der Waals surface area contributed by atoms with Gasteiger partial charge in [-0.15, -0.1) is 0 Å². The molecule has 0 bridgehead atoms. The standard InChI is InChI=1S/C14H19NO4/c1-9-4-3-5-11(6-9)7-12(14(18)19)15-8-10(2)13(16)17/h3-6,10,12,15H,7-8H2,1-2H3,(H,16,17)(H,18,19). The first-order valence-electron chi connectivity index (χ1n) is 6.14. The average molecular weight is 265 g/mol. The SMILES string of the molecule is Cc1cccc(CC(NCC(C)C(=O)O)C(=O)O)c1. The number of hydrogen-bond acceptors (Lipinski definition) is 3. The van der Waals surface area contributed by atoms with Crippen molar-refractivity contribution in [3.63, 3.8) is 0 Å². The molecule has 0 fully saturated rings. The Labute approximate surface area is 112 Å². The zero-order valence-corrected chi connectivity index (χ0v) is 11.1. The van der Waals surface area contributed by atoms with Crippen molar-refractivity contribution >= 4 is 11.9 Å². The van der Waals surface area contributed by atoms with Gasteiger partial charge in [0.1, 0.15) is 6.04 Å². The second kappa shape index (κ2) is 6.89. The molecule has 2 unspecified atom stereocenters. The van der Waals surface area contributed by atoms with E-state index >= 15 is 0 Å². The highest BCUT2D eigenvalue weighted by molar-refractivity contribution is 5.74. The maximum absolute atomic E-state index is 11.2. The van der Waals surface area contributed by atoms with Gasteiger partial charge in [-0.05, 0) is 18.9 Å². The van der Waals surface area contributed by atoms with Crippen molar-refractivity contribution in [2.24, 2.45) is 5.92 Å². The molecule has 5 heteroatoms. The number of rotatable bonds is 7. The topological polar surface area (TPSA) is 86.6 Å². The van der Waals surface area contributed by atoms with Crippen molar-refractivity contribution < 1.29 is 19.8 Å². The third-order valence-corrected chi connectivity index (χ3v) is 2.91. The average Bonchev–Trinajstić information content (AvgIpc) is 2.33. The number of hydrogen-bond donors (Lipinski definition) is 3. The van der Waals surface area contributed by atoms with E-state index in [0.29, 0.717) is 6.42 Å². The summed E-state index contributed by atoms with van der Waals surface area (Å²) in [5.41, 5.74) is 1.99. The number of aliphatic carboxylic acids is 2. The van der Waals surface area contributed by atoms with Crippen molar-refractivity contribution in [3.05, 3.63) is 35.4 Å². The van der Waals surface area contributed by atoms with Gasteiger partial charge in [0.25, 0.3) is 0 Å². The molecule has 0 aliphatic heterocycles. The van der Waals surface area contributed by atoms with E-state index in [0.717, 1.165) is 11.1 Å². The molecule has 0 spiro atoms. The Morgan fingerprint density at radius 3 is 2.47 bits per heavy atom. The van der Waals surface area contributed by atoms with Crippen LogP contribution in [0, 0.1) is 12.8 Å². The van der Waals surface area contributed by atoms with Crippen LogP contribution in [0.1, 0.15) is 18.1 Å². The maximum Gasteiger partial charge on any atom is 0.321 e. The Balaban J connectivity index is 2.63. The van der Waals surface area contributed by atoms with E-state index in [1.54, 1.807) is 6.92 Å². The lowest BCUT2D eigenvalue weighted by molar-refractivity contribution is -0.143. The minimum atomic E-state index is -0.973. The molecule has 3 N–H and O–H groups in total. The minimum Gasteiger partial charge on any atom is -0.481 e. The van der Waals surface area contributed by atoms with Gasteiger partial charge < -0.3 is 15.5 Å². The first-order valence-corrected chi connectivity index (χ1v) is 6.14. The summed E-state index contributed by atoms with van der Waals surface area (Å²) in [4.78, 5) is 21.9. The summed E-state index contributed by atoms with van der Waals surface area (Å²) in [5.74, 6) is -2.52. The number of carboxylic acid groups (broad SMARTS) is 2. The summed E-state index contributed by atoms with van der Waals surface area (Å²) in [6.45, 7) is 3.62. The van der Waals surface area contributed by atoms with Crippen LogP contribution in [0.15, 0.2) is 24.3 Å². The Bertz CT molecular complexity index is 459. The highest BCUT2D eigenvalue weighted by Crippen LogP contribution is 2.07. The van der Waals surface area contributed by atoms with Crippen LogP contribution < -0.4 is 5.32 Å². The first-order chi connectivity index (χ1) is 8.90. The van der Waals surface area contributed by atoms with Crippen LogP contribution in [0.2, 0.25) is 0 Å². The maximum atomic E-state index is 11.2. The lowest BCUT2D eigenvalue weighted by Gasteiger charge is -2.16. The third-order valence-electron chi connectivity index (χ3n) is 2.91. The molecule has 0 radical (unpaired) electrons. The van der Waals surface area contributed by atoms with Crippen LogP contribution in [0.3, 0.4) is 0 Å². The van der Waals surface area contributed by atoms with Crippen molar-refractivity contribution in [1.29, 1.82) is 0 Å². The molecule has 104 valence electrons. The fourth-order valence-electron chi connectivity index (χ4n) is 1.73. The number of benzene rings is 1. The fraction of sp³-hybridized carbons (Fsp3) is 0.429. The predicted molar refractivity (Wildman–Crippen MR) is 71.1 cm³/mol. The van der Waals surface area contributed by atoms with Crippen LogP contribution in [0.4, 0.5) is 0 Å². The van der Waals surface area contributed by atoms with Crippen LogP contribution >= 0.6 is 0 Å². The van der Waals surface area contributed by atoms with E-state index in [1.807, 2.05) is 31.2 Å². The normalized spacial score (nSPS) is 13.8. The van der Waals surface area contributed by atoms with Gasteiger partial charge in [0.15, 0.2) is 0 Å². The van der Waals surface area contributed by atoms with E-state index in [1.165, 1.54) is 0 Å². The monoisotopic (exact) mass is 265 g/mol. The fourth-order valence-corrected chi connectivity index (χ4v) is 1.73. The lowest BCUT2D eigenvalue weighted by Crippen LogP contribution is -2.41. The predicted octanol–water partition coefficient (Wildman–Crippen LogP) is 1.30. The summed E-state index contributed by atoms with van der Waals surface area (Å²) in [6, 6.07) is 6.84. The van der Waals surface area contributed by atoms with Crippen molar-refractivity contribution in [3.8, 4) is 0 Å². The van der Waals surface area contributed by atoms with Crippen LogP contribution in [0.25, 0.3) is 0 Å². The molecule has 19 heavy (non-hydrogen) atoms. The van der Waals surface area contributed by atoms with E-state index in [-0.39, 0.29) is 6.54 Å². The van der Waals surface area contributed by atoms with Crippen LogP contribution in [-0.2, 0) is 16.0 Å². The second-order valence-electron chi connectivity index (χ2n) is 4.73. The quantitative estimate of drug-likeness (QED) is 0.691. The van der Waals surface area contributed by atoms with Crippen molar-refractivity contribution in [2.45, 2.75) is 26.3 Å². The molecule has 0 saturated carbocycles. The molecule has 0 aromatic heterocycles. The second-order valence-corrected chi connectivity index (χ2v) is 4.73. The van der Waals surface area contributed by atoms with Gasteiger partial charge in [0, 0.05) is 6.54 Å². The zero-order valence-electron chi connectivity index (χ0n) is 11.1. The Hall–Kier alpha value is -1.88. The molecule has 1 aromatic carbocycles. The summed E-state index contributed by atoms with van der Waals surface area (Å²) < 4.78 is 0. The summed E-state index contributed by atoms with van der Waals surface area (Å²) in [7, 11) is 0. The van der Waals surface area contributed by atoms with E-state index < -0.39 is 23.9 Å². The largest absolute Gasteiger partial charge is 0.481 e. The number of nitrogens with one attached hydrogen (secondary N) is 1. The van der Waals surface area contributed by atoms with Crippen LogP contribution in [0.5, 0.6) is 0 Å². The lowest BCUT2D eigenvalue weighted by atomic mass is 10.0. The van der Waals surface area contributed by atoms with Gasteiger partial charge >= 0.3 is 11.9 Å². The molecule has 0 amide bonds. The van der Waals surface area contributed by atoms with Gasteiger partial charge in [-0.25, -0.2) is 0 Å². The number of aryl methyl sites for hydroxylation is 1. The molecule has 0 aliphatic rings. The van der Waals surface area contributed by atoms with Gasteiger partial charge in [-0.2, -0.15) is 0 Å². The summed E-state index contributed by atoms with van der Waals surface area (Å²) >= 11 is 0. The molecule has 1 rings (SSSR count). The smallest absolute Gasteiger partial charge is 0.321 e. The Morgan fingerprint density at radius 1 is 1.26 bits per heavy atom. The molecule has 0 saturated heterocycles. The molecule has 0 aliphatic carbocycles. The van der Waals surface area contributed by atoms with Gasteiger partial charge in [-0.1, -0.05) is 36.8 Å². The van der Waals surface area contributed by atoms with E-state index in [4.69, 9.17) is 10.2 Å². The molecule has 5 nitrogen and oxygen atoms in total. The highest BCUT2D eigenvalue weighted by atomic mass is 16.4. The van der Waals surface area contributed by atoms with Gasteiger partial charge in [0.2, 0.25) is 0 Å². The first kappa shape index (κ1) is 15.2. The Kier molecular flexibility index (Phi) is 5.51. The molecular weight excluding hydrogens is 246 g/mol. The van der Waals surface area contributed by atoms with Crippen molar-refractivity contribution in [2.75, 3.05) is 6.54 Å². The highest BCUT2D eigenvalue weighted by Gasteiger charge is 2.20. The molecular formula is C14H19NO4. The van der Waals surface area contributed by atoms with E-state index in [9.17, 15) is 9.59 Å². The summed E-state index contributed by atoms with van der Waals surface area (Å²) in [5, 5.41) is 20.7. The van der Waals surface area contributed by atoms with E-state index in [2.05, 4.69) is 5.32 Å². The third kappa shape index (κ3) is 5.09. The molecule has 0 heterocycles. The summed E-state index contributed by atoms with van der Waals surface area (Å²) in [6.07, 6.45) is 0.337. The number of carboxylic acids is 2. The zero-order chi connectivity index (χ0) is 14.4. The minimum absolute atomic E-state index is 0.137. The number of carbonyl (C=O) groups is 2. The molecule has 2 atom stereocenters. The van der Waals surface area contributed by atoms with Crippen molar-refractivity contribution in [1.82, 2.24) is 5.32 Å².